The van der Waals surface area contributed by atoms with Crippen LogP contribution >= 0.6 is 27.5 Å². The third kappa shape index (κ3) is 3.72. The molecule has 15 heavy (non-hydrogen) atoms. The van der Waals surface area contributed by atoms with E-state index in [1.165, 1.54) is 6.92 Å². The van der Waals surface area contributed by atoms with E-state index in [2.05, 4.69) is 15.9 Å². The van der Waals surface area contributed by atoms with Gasteiger partial charge in [-0.15, -0.1) is 0 Å². The Morgan fingerprint density at radius 1 is 1.60 bits per heavy atom. The highest BCUT2D eigenvalue weighted by Crippen LogP contribution is 2.23. The summed E-state index contributed by atoms with van der Waals surface area (Å²) < 4.78 is 5.19. The summed E-state index contributed by atoms with van der Waals surface area (Å²) in [5, 5.41) is 9.84. The Morgan fingerprint density at radius 3 is 2.80 bits per heavy atom. The molecule has 0 bridgehead atoms. The average Bonchev–Trinajstić information content (AvgIpc) is 2.16. The summed E-state index contributed by atoms with van der Waals surface area (Å²) in [6.45, 7) is 1.47. The van der Waals surface area contributed by atoms with Crippen LogP contribution in [0.4, 0.5) is 0 Å². The number of halogens is 2. The summed E-state index contributed by atoms with van der Waals surface area (Å²) in [5.41, 5.74) is 0.940. The Balaban J connectivity index is 2.85. The molecule has 1 rings (SSSR count). The third-order valence-corrected chi connectivity index (χ3v) is 2.61. The Morgan fingerprint density at radius 2 is 2.27 bits per heavy atom. The van der Waals surface area contributed by atoms with Crippen molar-refractivity contribution in [2.75, 3.05) is 0 Å². The van der Waals surface area contributed by atoms with Gasteiger partial charge in [0.25, 0.3) is 0 Å². The van der Waals surface area contributed by atoms with Gasteiger partial charge in [-0.2, -0.15) is 0 Å². The number of carboxylic acids is 1. The van der Waals surface area contributed by atoms with Gasteiger partial charge in [0.15, 0.2) is 6.10 Å². The second-order valence-electron chi connectivity index (χ2n) is 3.03. The molecule has 82 valence electrons. The lowest BCUT2D eigenvalue weighted by molar-refractivity contribution is -0.144. The largest absolute Gasteiger partial charge is 0.479 e. The molecule has 0 aliphatic heterocycles. The maximum atomic E-state index is 10.6. The van der Waals surface area contributed by atoms with E-state index in [-0.39, 0.29) is 0 Å². The zero-order chi connectivity index (χ0) is 11.4. The van der Waals surface area contributed by atoms with Crippen LogP contribution in [-0.4, -0.2) is 17.2 Å². The quantitative estimate of drug-likeness (QED) is 0.868. The predicted molar refractivity (Wildman–Crippen MR) is 61.8 cm³/mol. The van der Waals surface area contributed by atoms with Crippen molar-refractivity contribution in [3.05, 3.63) is 28.8 Å². The van der Waals surface area contributed by atoms with Crippen molar-refractivity contribution in [2.24, 2.45) is 0 Å². The first kappa shape index (κ1) is 12.3. The molecule has 0 aliphatic carbocycles. The molecule has 0 aromatic heterocycles. The second kappa shape index (κ2) is 5.37. The van der Waals surface area contributed by atoms with Crippen LogP contribution in [0.2, 0.25) is 5.02 Å². The maximum Gasteiger partial charge on any atom is 0.344 e. The molecule has 0 amide bonds. The van der Waals surface area contributed by atoms with Gasteiger partial charge in [-0.3, -0.25) is 0 Å². The molecule has 1 N–H and O–H groups in total. The van der Waals surface area contributed by atoms with E-state index in [1.54, 1.807) is 18.2 Å². The fourth-order valence-corrected chi connectivity index (χ4v) is 1.59. The van der Waals surface area contributed by atoms with Crippen LogP contribution < -0.4 is 4.74 Å². The van der Waals surface area contributed by atoms with Crippen LogP contribution in [-0.2, 0) is 10.1 Å². The maximum absolute atomic E-state index is 10.6. The number of hydrogen-bond donors (Lipinski definition) is 1. The lowest BCUT2D eigenvalue weighted by Gasteiger charge is -2.11. The highest BCUT2D eigenvalue weighted by Gasteiger charge is 2.12. The van der Waals surface area contributed by atoms with Crippen molar-refractivity contribution < 1.29 is 14.6 Å². The van der Waals surface area contributed by atoms with Gasteiger partial charge >= 0.3 is 5.97 Å². The van der Waals surface area contributed by atoms with Crippen LogP contribution in [0, 0.1) is 0 Å². The molecule has 0 saturated carbocycles. The Hall–Kier alpha value is -0.740. The first-order chi connectivity index (χ1) is 7.02. The highest BCUT2D eigenvalue weighted by molar-refractivity contribution is 9.08. The predicted octanol–water partition coefficient (Wildman–Crippen LogP) is 3.09. The first-order valence-electron chi connectivity index (χ1n) is 4.28. The standard InChI is InChI=1S/C10H10BrClO3/c1-6(10(13)14)15-9-3-7(5-11)2-8(12)4-9/h2-4,6H,5H2,1H3,(H,13,14)/t6-/m1/s1. The second-order valence-corrected chi connectivity index (χ2v) is 4.02. The van der Waals surface area contributed by atoms with E-state index < -0.39 is 12.1 Å². The number of carbonyl (C=O) groups is 1. The van der Waals surface area contributed by atoms with Crippen molar-refractivity contribution in [3.8, 4) is 5.75 Å². The Kier molecular flexibility index (Phi) is 4.42. The van der Waals surface area contributed by atoms with Crippen molar-refractivity contribution in [3.63, 3.8) is 0 Å². The molecule has 0 spiro atoms. The number of aliphatic carboxylic acids is 1. The Bertz CT molecular complexity index is 368. The molecule has 0 radical (unpaired) electrons. The normalized spacial score (nSPS) is 12.2. The lowest BCUT2D eigenvalue weighted by Crippen LogP contribution is -2.22. The monoisotopic (exact) mass is 292 g/mol. The summed E-state index contributed by atoms with van der Waals surface area (Å²) >= 11 is 9.13. The molecule has 0 unspecified atom stereocenters. The van der Waals surface area contributed by atoms with Gasteiger partial charge in [0, 0.05) is 10.4 Å². The summed E-state index contributed by atoms with van der Waals surface area (Å²) in [4.78, 5) is 10.6. The molecule has 1 aromatic rings. The van der Waals surface area contributed by atoms with Crippen molar-refractivity contribution >= 4 is 33.5 Å². The molecule has 0 heterocycles. The number of hydrogen-bond acceptors (Lipinski definition) is 2. The summed E-state index contributed by atoms with van der Waals surface area (Å²) in [6, 6.07) is 5.13. The molecule has 0 fully saturated rings. The molecule has 5 heteroatoms. The molecular formula is C10H10BrClO3. The molecule has 0 aliphatic rings. The van der Waals surface area contributed by atoms with Gasteiger partial charge in [0.05, 0.1) is 0 Å². The number of ether oxygens (including phenoxy) is 1. The van der Waals surface area contributed by atoms with Crippen molar-refractivity contribution in [2.45, 2.75) is 18.4 Å². The number of alkyl halides is 1. The van der Waals surface area contributed by atoms with Crippen molar-refractivity contribution in [1.29, 1.82) is 0 Å². The number of benzene rings is 1. The van der Waals surface area contributed by atoms with Gasteiger partial charge in [-0.25, -0.2) is 4.79 Å². The molecule has 1 aromatic carbocycles. The number of rotatable bonds is 4. The van der Waals surface area contributed by atoms with Gasteiger partial charge in [-0.05, 0) is 30.7 Å². The smallest absolute Gasteiger partial charge is 0.344 e. The zero-order valence-corrected chi connectivity index (χ0v) is 10.4. The lowest BCUT2D eigenvalue weighted by atomic mass is 10.2. The zero-order valence-electron chi connectivity index (χ0n) is 8.04. The van der Waals surface area contributed by atoms with Gasteiger partial charge in [0.1, 0.15) is 5.75 Å². The first-order valence-corrected chi connectivity index (χ1v) is 5.77. The van der Waals surface area contributed by atoms with Gasteiger partial charge < -0.3 is 9.84 Å². The van der Waals surface area contributed by atoms with Crippen molar-refractivity contribution in [1.82, 2.24) is 0 Å². The van der Waals surface area contributed by atoms with Gasteiger partial charge in [0.2, 0.25) is 0 Å². The fraction of sp³-hybridized carbons (Fsp3) is 0.300. The van der Waals surface area contributed by atoms with E-state index in [9.17, 15) is 4.79 Å². The molecule has 3 nitrogen and oxygen atoms in total. The van der Waals surface area contributed by atoms with Crippen LogP contribution in [0.25, 0.3) is 0 Å². The SMILES string of the molecule is C[C@@H](Oc1cc(Cl)cc(CBr)c1)C(=O)O. The van der Waals surface area contributed by atoms with Crippen LogP contribution in [0.15, 0.2) is 18.2 Å². The summed E-state index contributed by atoms with van der Waals surface area (Å²) in [7, 11) is 0. The summed E-state index contributed by atoms with van der Waals surface area (Å²) in [6.07, 6.45) is -0.883. The van der Waals surface area contributed by atoms with Crippen LogP contribution in [0.5, 0.6) is 5.75 Å². The molecule has 0 saturated heterocycles. The minimum Gasteiger partial charge on any atom is -0.479 e. The molecular weight excluding hydrogens is 283 g/mol. The average molecular weight is 294 g/mol. The van der Waals surface area contributed by atoms with E-state index in [1.807, 2.05) is 0 Å². The fourth-order valence-electron chi connectivity index (χ4n) is 1.02. The summed E-state index contributed by atoms with van der Waals surface area (Å²) in [5.74, 6) is -0.540. The van der Waals surface area contributed by atoms with Crippen LogP contribution in [0.3, 0.4) is 0 Å². The highest BCUT2D eigenvalue weighted by atomic mass is 79.9. The third-order valence-electron chi connectivity index (χ3n) is 1.75. The Labute approximate surface area is 101 Å². The minimum absolute atomic E-state index is 0.465. The van der Waals surface area contributed by atoms with Gasteiger partial charge in [-0.1, -0.05) is 27.5 Å². The van der Waals surface area contributed by atoms with E-state index in [0.717, 1.165) is 5.56 Å². The van der Waals surface area contributed by atoms with E-state index >= 15 is 0 Å². The molecule has 1 atom stereocenters. The number of carboxylic acid groups (broad SMARTS) is 1. The topological polar surface area (TPSA) is 46.5 Å². The van der Waals surface area contributed by atoms with E-state index in [0.29, 0.717) is 16.1 Å². The van der Waals surface area contributed by atoms with Crippen LogP contribution in [0.1, 0.15) is 12.5 Å². The van der Waals surface area contributed by atoms with E-state index in [4.69, 9.17) is 21.4 Å². The minimum atomic E-state index is -1.00.